The van der Waals surface area contributed by atoms with Gasteiger partial charge >= 0.3 is 6.03 Å². The molecule has 0 radical (unpaired) electrons. The SMILES string of the molecule is NC(=S)c1cn[nH]c1NC(=O)Nc1ccc(Cl)cc1. The van der Waals surface area contributed by atoms with E-state index < -0.39 is 6.03 Å². The number of anilines is 2. The molecule has 0 aliphatic heterocycles. The highest BCUT2D eigenvalue weighted by Gasteiger charge is 2.10. The zero-order valence-corrected chi connectivity index (χ0v) is 11.2. The molecule has 0 saturated carbocycles. The van der Waals surface area contributed by atoms with E-state index in [1.807, 2.05) is 0 Å². The van der Waals surface area contributed by atoms with E-state index in [1.54, 1.807) is 24.3 Å². The molecule has 1 aromatic heterocycles. The predicted molar refractivity (Wildman–Crippen MR) is 78.6 cm³/mol. The van der Waals surface area contributed by atoms with Gasteiger partial charge < -0.3 is 11.1 Å². The van der Waals surface area contributed by atoms with Crippen LogP contribution in [0.1, 0.15) is 5.56 Å². The summed E-state index contributed by atoms with van der Waals surface area (Å²) in [5.41, 5.74) is 6.57. The number of carbonyl (C=O) groups excluding carboxylic acids is 1. The molecule has 0 aliphatic rings. The Bertz CT molecular complexity index is 610. The maximum Gasteiger partial charge on any atom is 0.324 e. The Labute approximate surface area is 119 Å². The van der Waals surface area contributed by atoms with Crippen LogP contribution in [0.3, 0.4) is 0 Å². The van der Waals surface area contributed by atoms with Crippen LogP contribution >= 0.6 is 23.8 Å². The molecular formula is C11H10ClN5OS. The van der Waals surface area contributed by atoms with Crippen molar-refractivity contribution in [2.24, 2.45) is 5.73 Å². The van der Waals surface area contributed by atoms with Gasteiger partial charge in [0.25, 0.3) is 0 Å². The molecule has 8 heteroatoms. The minimum Gasteiger partial charge on any atom is -0.389 e. The summed E-state index contributed by atoms with van der Waals surface area (Å²) in [6.45, 7) is 0. The molecule has 5 N–H and O–H groups in total. The molecule has 0 fully saturated rings. The molecule has 0 bridgehead atoms. The Morgan fingerprint density at radius 3 is 2.63 bits per heavy atom. The molecule has 0 unspecified atom stereocenters. The number of nitrogens with two attached hydrogens (primary N) is 1. The van der Waals surface area contributed by atoms with E-state index in [0.717, 1.165) is 0 Å². The number of urea groups is 1. The molecule has 6 nitrogen and oxygen atoms in total. The molecule has 0 saturated heterocycles. The van der Waals surface area contributed by atoms with Crippen LogP contribution in [-0.4, -0.2) is 21.2 Å². The number of hydrogen-bond acceptors (Lipinski definition) is 3. The number of nitrogens with one attached hydrogen (secondary N) is 3. The maximum atomic E-state index is 11.8. The van der Waals surface area contributed by atoms with Crippen molar-refractivity contribution in [2.45, 2.75) is 0 Å². The zero-order chi connectivity index (χ0) is 13.8. The average molecular weight is 296 g/mol. The van der Waals surface area contributed by atoms with Gasteiger partial charge in [-0.2, -0.15) is 5.10 Å². The Kier molecular flexibility index (Phi) is 3.98. The normalized spacial score (nSPS) is 9.95. The minimum absolute atomic E-state index is 0.149. The van der Waals surface area contributed by atoms with E-state index in [-0.39, 0.29) is 4.99 Å². The molecular weight excluding hydrogens is 286 g/mol. The van der Waals surface area contributed by atoms with Gasteiger partial charge in [-0.25, -0.2) is 4.79 Å². The lowest BCUT2D eigenvalue weighted by molar-refractivity contribution is 0.262. The number of halogens is 1. The van der Waals surface area contributed by atoms with Gasteiger partial charge in [-0.1, -0.05) is 23.8 Å². The predicted octanol–water partition coefficient (Wildman–Crippen LogP) is 2.34. The van der Waals surface area contributed by atoms with Gasteiger partial charge in [0.1, 0.15) is 10.8 Å². The number of hydrogen-bond donors (Lipinski definition) is 4. The van der Waals surface area contributed by atoms with Crippen LogP contribution < -0.4 is 16.4 Å². The number of rotatable bonds is 3. The number of aromatic amines is 1. The third-order valence-corrected chi connectivity index (χ3v) is 2.72. The highest BCUT2D eigenvalue weighted by molar-refractivity contribution is 7.80. The molecule has 1 heterocycles. The van der Waals surface area contributed by atoms with Crippen LogP contribution in [0, 0.1) is 0 Å². The lowest BCUT2D eigenvalue weighted by Crippen LogP contribution is -2.21. The van der Waals surface area contributed by atoms with Gasteiger partial charge in [-0.15, -0.1) is 0 Å². The fraction of sp³-hybridized carbons (Fsp3) is 0. The second kappa shape index (κ2) is 5.68. The molecule has 0 spiro atoms. The highest BCUT2D eigenvalue weighted by atomic mass is 35.5. The van der Waals surface area contributed by atoms with Crippen LogP contribution in [0.25, 0.3) is 0 Å². The van der Waals surface area contributed by atoms with Gasteiger partial charge in [-0.05, 0) is 24.3 Å². The molecule has 1 aromatic carbocycles. The van der Waals surface area contributed by atoms with Crippen LogP contribution in [0.15, 0.2) is 30.5 Å². The van der Waals surface area contributed by atoms with Crippen molar-refractivity contribution in [2.75, 3.05) is 10.6 Å². The van der Waals surface area contributed by atoms with E-state index in [9.17, 15) is 4.79 Å². The van der Waals surface area contributed by atoms with Crippen molar-refractivity contribution < 1.29 is 4.79 Å². The summed E-state index contributed by atoms with van der Waals surface area (Å²) in [5, 5.41) is 12.2. The first-order valence-corrected chi connectivity index (χ1v) is 6.01. The van der Waals surface area contributed by atoms with Gasteiger partial charge in [0.2, 0.25) is 0 Å². The molecule has 0 atom stereocenters. The maximum absolute atomic E-state index is 11.8. The van der Waals surface area contributed by atoms with Gasteiger partial charge in [-0.3, -0.25) is 10.4 Å². The molecule has 0 aliphatic carbocycles. The molecule has 19 heavy (non-hydrogen) atoms. The van der Waals surface area contributed by atoms with Crippen LogP contribution in [0.2, 0.25) is 5.02 Å². The molecule has 2 amide bonds. The topological polar surface area (TPSA) is 95.8 Å². The number of H-pyrrole nitrogens is 1. The summed E-state index contributed by atoms with van der Waals surface area (Å²) in [4.78, 5) is 11.9. The minimum atomic E-state index is -0.441. The fourth-order valence-corrected chi connectivity index (χ4v) is 1.66. The summed E-state index contributed by atoms with van der Waals surface area (Å²) in [7, 11) is 0. The van der Waals surface area contributed by atoms with E-state index >= 15 is 0 Å². The van der Waals surface area contributed by atoms with Crippen molar-refractivity contribution in [3.63, 3.8) is 0 Å². The Hall–Kier alpha value is -2.12. The summed E-state index contributed by atoms with van der Waals surface area (Å²) < 4.78 is 0. The molecule has 2 rings (SSSR count). The number of nitrogens with zero attached hydrogens (tertiary/aromatic N) is 1. The third kappa shape index (κ3) is 3.43. The first-order chi connectivity index (χ1) is 9.06. The van der Waals surface area contributed by atoms with Crippen molar-refractivity contribution in [3.05, 3.63) is 41.0 Å². The number of thiocarbonyl (C=S) groups is 1. The largest absolute Gasteiger partial charge is 0.389 e. The Balaban J connectivity index is 2.03. The number of amides is 2. The molecule has 2 aromatic rings. The molecule has 98 valence electrons. The van der Waals surface area contributed by atoms with Crippen LogP contribution in [0.5, 0.6) is 0 Å². The Morgan fingerprint density at radius 1 is 1.32 bits per heavy atom. The summed E-state index contributed by atoms with van der Waals surface area (Å²) >= 11 is 10.6. The lowest BCUT2D eigenvalue weighted by Gasteiger charge is -2.07. The quantitative estimate of drug-likeness (QED) is 0.654. The third-order valence-electron chi connectivity index (χ3n) is 2.25. The van der Waals surface area contributed by atoms with Crippen LogP contribution in [-0.2, 0) is 0 Å². The van der Waals surface area contributed by atoms with Crippen molar-refractivity contribution in [1.29, 1.82) is 0 Å². The monoisotopic (exact) mass is 295 g/mol. The van der Waals surface area contributed by atoms with Gasteiger partial charge in [0.15, 0.2) is 0 Å². The van der Waals surface area contributed by atoms with Gasteiger partial charge in [0, 0.05) is 10.7 Å². The van der Waals surface area contributed by atoms with E-state index in [2.05, 4.69) is 20.8 Å². The zero-order valence-electron chi connectivity index (χ0n) is 9.61. The summed E-state index contributed by atoms with van der Waals surface area (Å²) in [5.74, 6) is 0.346. The van der Waals surface area contributed by atoms with E-state index in [1.165, 1.54) is 6.20 Å². The van der Waals surface area contributed by atoms with Gasteiger partial charge in [0.05, 0.1) is 11.8 Å². The van der Waals surface area contributed by atoms with Crippen molar-refractivity contribution >= 4 is 46.3 Å². The smallest absolute Gasteiger partial charge is 0.324 e. The number of carbonyl (C=O) groups is 1. The first-order valence-electron chi connectivity index (χ1n) is 5.23. The second-order valence-corrected chi connectivity index (χ2v) is 4.49. The Morgan fingerprint density at radius 2 is 2.00 bits per heavy atom. The highest BCUT2D eigenvalue weighted by Crippen LogP contribution is 2.14. The first kappa shape index (κ1) is 13.3. The fourth-order valence-electron chi connectivity index (χ4n) is 1.38. The summed E-state index contributed by atoms with van der Waals surface area (Å²) in [6.07, 6.45) is 1.44. The van der Waals surface area contributed by atoms with E-state index in [0.29, 0.717) is 22.1 Å². The number of benzene rings is 1. The van der Waals surface area contributed by atoms with Crippen LogP contribution in [0.4, 0.5) is 16.3 Å². The van der Waals surface area contributed by atoms with E-state index in [4.69, 9.17) is 29.6 Å². The standard InChI is InChI=1S/C11H10ClN5OS/c12-6-1-3-7(4-2-6)15-11(18)16-10-8(9(13)19)5-14-17-10/h1-5H,(H2,13,19)(H3,14,15,16,17,18). The lowest BCUT2D eigenvalue weighted by atomic mass is 10.3. The van der Waals surface area contributed by atoms with Crippen molar-refractivity contribution in [1.82, 2.24) is 10.2 Å². The summed E-state index contributed by atoms with van der Waals surface area (Å²) in [6, 6.07) is 6.28. The van der Waals surface area contributed by atoms with Crippen molar-refractivity contribution in [3.8, 4) is 0 Å². The number of aromatic nitrogens is 2. The second-order valence-electron chi connectivity index (χ2n) is 3.61. The average Bonchev–Trinajstić information content (AvgIpc) is 2.80.